The predicted molar refractivity (Wildman–Crippen MR) is 95.0 cm³/mol. The number of aromatic nitrogens is 4. The minimum atomic E-state index is -4.53. The van der Waals surface area contributed by atoms with Crippen LogP contribution in [0.1, 0.15) is 43.9 Å². The minimum absolute atomic E-state index is 0.00242. The summed E-state index contributed by atoms with van der Waals surface area (Å²) < 4.78 is 45.9. The molecule has 2 aliphatic heterocycles. The molecule has 7 nitrogen and oxygen atoms in total. The summed E-state index contributed by atoms with van der Waals surface area (Å²) >= 11 is 0. The van der Waals surface area contributed by atoms with Crippen LogP contribution in [0.3, 0.4) is 0 Å². The maximum atomic E-state index is 12.9. The van der Waals surface area contributed by atoms with Crippen LogP contribution >= 0.6 is 0 Å². The van der Waals surface area contributed by atoms with E-state index in [0.717, 1.165) is 22.5 Å². The van der Waals surface area contributed by atoms with Crippen LogP contribution in [0.2, 0.25) is 0 Å². The standard InChI is InChI=1S/C19H19F3N4O3/c1-10-6-14-24-25(9-11-4-5-13(23-8-11)19(20,21)22)17(28)26(14)15-12(10)7-18(2,3)29-16(15)27/h4-5,7-8,10,15H,6,9H2,1-3H3. The van der Waals surface area contributed by atoms with E-state index in [9.17, 15) is 22.8 Å². The van der Waals surface area contributed by atoms with Gasteiger partial charge in [0.05, 0.1) is 6.54 Å². The molecule has 10 heteroatoms. The van der Waals surface area contributed by atoms with Gasteiger partial charge in [-0.25, -0.2) is 14.3 Å². The Hall–Kier alpha value is -2.91. The number of halogens is 3. The fourth-order valence-corrected chi connectivity index (χ4v) is 3.84. The molecule has 2 aromatic heterocycles. The van der Waals surface area contributed by atoms with Crippen LogP contribution in [0.4, 0.5) is 13.2 Å². The van der Waals surface area contributed by atoms with Crippen molar-refractivity contribution in [3.63, 3.8) is 0 Å². The molecule has 0 fully saturated rings. The van der Waals surface area contributed by atoms with Crippen LogP contribution in [0.15, 0.2) is 34.8 Å². The number of alkyl halides is 3. The van der Waals surface area contributed by atoms with Gasteiger partial charge in [-0.1, -0.05) is 13.0 Å². The molecule has 0 aromatic carbocycles. The molecule has 2 atom stereocenters. The van der Waals surface area contributed by atoms with Gasteiger partial charge in [-0.2, -0.15) is 18.3 Å². The number of pyridine rings is 1. The Balaban J connectivity index is 1.70. The molecule has 29 heavy (non-hydrogen) atoms. The van der Waals surface area contributed by atoms with Gasteiger partial charge in [0.2, 0.25) is 0 Å². The van der Waals surface area contributed by atoms with Crippen molar-refractivity contribution in [1.82, 2.24) is 19.3 Å². The summed E-state index contributed by atoms with van der Waals surface area (Å²) in [5.41, 5.74) is -1.06. The predicted octanol–water partition coefficient (Wildman–Crippen LogP) is 2.50. The molecule has 0 bridgehead atoms. The van der Waals surface area contributed by atoms with Gasteiger partial charge in [-0.3, -0.25) is 9.55 Å². The number of hydrogen-bond acceptors (Lipinski definition) is 5. The zero-order chi connectivity index (χ0) is 21.1. The van der Waals surface area contributed by atoms with E-state index in [4.69, 9.17) is 4.74 Å². The summed E-state index contributed by atoms with van der Waals surface area (Å²) in [6.45, 7) is 5.46. The van der Waals surface area contributed by atoms with Gasteiger partial charge in [-0.15, -0.1) is 0 Å². The number of esters is 1. The van der Waals surface area contributed by atoms with Gasteiger partial charge in [0.1, 0.15) is 17.1 Å². The lowest BCUT2D eigenvalue weighted by Gasteiger charge is -2.38. The second-order valence-electron chi connectivity index (χ2n) is 7.95. The fraction of sp³-hybridized carbons (Fsp3) is 0.474. The molecule has 2 unspecified atom stereocenters. The first kappa shape index (κ1) is 19.4. The van der Waals surface area contributed by atoms with Crippen molar-refractivity contribution in [2.24, 2.45) is 5.92 Å². The Morgan fingerprint density at radius 2 is 2.00 bits per heavy atom. The summed E-state index contributed by atoms with van der Waals surface area (Å²) in [4.78, 5) is 29.0. The van der Waals surface area contributed by atoms with E-state index in [1.807, 2.05) is 13.0 Å². The molecule has 0 N–H and O–H groups in total. The van der Waals surface area contributed by atoms with Crippen LogP contribution in [-0.2, 0) is 28.7 Å². The zero-order valence-electron chi connectivity index (χ0n) is 16.0. The summed E-state index contributed by atoms with van der Waals surface area (Å²) in [5.74, 6) is -0.0677. The Morgan fingerprint density at radius 3 is 2.62 bits per heavy atom. The average Bonchev–Trinajstić information content (AvgIpc) is 2.89. The minimum Gasteiger partial charge on any atom is -0.454 e. The first-order valence-electron chi connectivity index (χ1n) is 9.12. The van der Waals surface area contributed by atoms with Crippen molar-refractivity contribution < 1.29 is 22.7 Å². The third-order valence-electron chi connectivity index (χ3n) is 5.12. The third kappa shape index (κ3) is 3.36. The molecule has 2 aromatic rings. The SMILES string of the molecule is CC1Cc2nn(Cc3ccc(C(F)(F)F)nc3)c(=O)n2C2C(=O)OC(C)(C)C=C12. The molecular weight excluding hydrogens is 389 g/mol. The fourth-order valence-electron chi connectivity index (χ4n) is 3.84. The van der Waals surface area contributed by atoms with Crippen LogP contribution in [-0.4, -0.2) is 30.9 Å². The summed E-state index contributed by atoms with van der Waals surface area (Å²) in [5, 5.41) is 4.31. The molecule has 0 aliphatic carbocycles. The summed E-state index contributed by atoms with van der Waals surface area (Å²) in [6, 6.07) is 1.25. The molecule has 0 amide bonds. The quantitative estimate of drug-likeness (QED) is 0.564. The largest absolute Gasteiger partial charge is 0.454 e. The number of cyclic esters (lactones) is 1. The lowest BCUT2D eigenvalue weighted by molar-refractivity contribution is -0.158. The average molecular weight is 408 g/mol. The Labute approximate surface area is 163 Å². The van der Waals surface area contributed by atoms with E-state index in [2.05, 4.69) is 10.1 Å². The highest BCUT2D eigenvalue weighted by Gasteiger charge is 2.44. The number of carbonyl (C=O) groups is 1. The molecule has 0 saturated carbocycles. The van der Waals surface area contributed by atoms with Crippen LogP contribution in [0.25, 0.3) is 0 Å². The van der Waals surface area contributed by atoms with Crippen LogP contribution in [0.5, 0.6) is 0 Å². The van der Waals surface area contributed by atoms with Crippen molar-refractivity contribution in [3.05, 3.63) is 57.5 Å². The topological polar surface area (TPSA) is 79.0 Å². The molecule has 154 valence electrons. The number of hydrogen-bond donors (Lipinski definition) is 0. The second-order valence-corrected chi connectivity index (χ2v) is 7.95. The first-order chi connectivity index (χ1) is 13.5. The van der Waals surface area contributed by atoms with Crippen molar-refractivity contribution >= 4 is 5.97 Å². The normalized spacial score (nSPS) is 23.1. The van der Waals surface area contributed by atoms with E-state index in [1.165, 1.54) is 10.6 Å². The maximum Gasteiger partial charge on any atom is 0.433 e. The molecular formula is C19H19F3N4O3. The molecule has 0 radical (unpaired) electrons. The van der Waals surface area contributed by atoms with E-state index in [1.54, 1.807) is 13.8 Å². The van der Waals surface area contributed by atoms with Crippen LogP contribution < -0.4 is 5.69 Å². The van der Waals surface area contributed by atoms with Gasteiger partial charge in [-0.05, 0) is 43.0 Å². The molecule has 0 spiro atoms. The lowest BCUT2D eigenvalue weighted by atomic mass is 9.83. The second kappa shape index (κ2) is 6.30. The maximum absolute atomic E-state index is 12.9. The molecule has 2 aliphatic rings. The Bertz CT molecular complexity index is 1060. The number of carbonyl (C=O) groups excluding carboxylic acids is 1. The van der Waals surface area contributed by atoms with Gasteiger partial charge in [0.15, 0.2) is 6.04 Å². The van der Waals surface area contributed by atoms with Gasteiger partial charge >= 0.3 is 17.8 Å². The first-order valence-corrected chi connectivity index (χ1v) is 9.12. The van der Waals surface area contributed by atoms with Crippen molar-refractivity contribution in [2.45, 2.75) is 51.6 Å². The van der Waals surface area contributed by atoms with Crippen molar-refractivity contribution in [1.29, 1.82) is 0 Å². The van der Waals surface area contributed by atoms with E-state index in [-0.39, 0.29) is 12.5 Å². The smallest absolute Gasteiger partial charge is 0.433 e. The monoisotopic (exact) mass is 408 g/mol. The van der Waals surface area contributed by atoms with Crippen LogP contribution in [0, 0.1) is 5.92 Å². The lowest BCUT2D eigenvalue weighted by Crippen LogP contribution is -2.45. The Morgan fingerprint density at radius 1 is 1.28 bits per heavy atom. The van der Waals surface area contributed by atoms with E-state index < -0.39 is 35.2 Å². The van der Waals surface area contributed by atoms with Gasteiger partial charge in [0.25, 0.3) is 0 Å². The highest BCUT2D eigenvalue weighted by molar-refractivity contribution is 5.80. The number of ether oxygens (including phenoxy) is 1. The molecule has 0 saturated heterocycles. The highest BCUT2D eigenvalue weighted by atomic mass is 19.4. The van der Waals surface area contributed by atoms with Gasteiger partial charge < -0.3 is 4.74 Å². The zero-order valence-corrected chi connectivity index (χ0v) is 16.0. The van der Waals surface area contributed by atoms with Gasteiger partial charge in [0, 0.05) is 12.6 Å². The highest BCUT2D eigenvalue weighted by Crippen LogP contribution is 2.39. The summed E-state index contributed by atoms with van der Waals surface area (Å²) in [7, 11) is 0. The summed E-state index contributed by atoms with van der Waals surface area (Å²) in [6.07, 6.45) is -1.12. The number of rotatable bonds is 2. The third-order valence-corrected chi connectivity index (χ3v) is 5.12. The Kier molecular flexibility index (Phi) is 4.21. The van der Waals surface area contributed by atoms with Crippen molar-refractivity contribution in [3.8, 4) is 0 Å². The number of fused-ring (bicyclic) bond motifs is 3. The van der Waals surface area contributed by atoms with Crippen molar-refractivity contribution in [2.75, 3.05) is 0 Å². The number of nitrogens with zero attached hydrogens (tertiary/aromatic N) is 4. The van der Waals surface area contributed by atoms with E-state index in [0.29, 0.717) is 17.8 Å². The van der Waals surface area contributed by atoms with E-state index >= 15 is 0 Å². The molecule has 4 rings (SSSR count). The molecule has 4 heterocycles.